The molecule has 3 aliphatic rings. The van der Waals surface area contributed by atoms with Gasteiger partial charge in [-0.3, -0.25) is 28.8 Å². The molecule has 65 heavy (non-hydrogen) atoms. The molecule has 3 aromatic rings. The summed E-state index contributed by atoms with van der Waals surface area (Å²) in [5, 5.41) is 0. The number of carbonyl (C=O) groups is 6. The fraction of sp³-hybridized carbons (Fsp3) is 0.556. The lowest BCUT2D eigenvalue weighted by molar-refractivity contribution is -0.149. The Morgan fingerprint density at radius 2 is 0.954 bits per heavy atom. The van der Waals surface area contributed by atoms with E-state index in [9.17, 15) is 28.8 Å². The molecule has 0 saturated carbocycles. The molecular formula is C54H71N3O8. The predicted molar refractivity (Wildman–Crippen MR) is 252 cm³/mol. The van der Waals surface area contributed by atoms with Gasteiger partial charge < -0.3 is 24.2 Å². The summed E-state index contributed by atoms with van der Waals surface area (Å²) >= 11 is 0. The number of methoxy groups -OCH3 is 2. The van der Waals surface area contributed by atoms with Gasteiger partial charge in [0.05, 0.1) is 63.1 Å². The quantitative estimate of drug-likeness (QED) is 0.122. The SMILES string of the molecule is COC(=O)CC(C(=O)N1CCC[C@H]1C(=O)Cc1ccc([C@@H]2CC[C@@H](c3ccc(CC(=O)[C@@H]4CCCN4C(=O)[C@@H](CC(=O)OC)C(C)C)cc3)N2c2ccc(C(C)(C)C)cc2)cc1)C(C)C. The molecule has 6 atom stereocenters. The van der Waals surface area contributed by atoms with Gasteiger partial charge in [0.15, 0.2) is 11.6 Å². The van der Waals surface area contributed by atoms with E-state index in [-0.39, 0.29) is 78.4 Å². The van der Waals surface area contributed by atoms with Crippen LogP contribution >= 0.6 is 0 Å². The van der Waals surface area contributed by atoms with Crippen molar-refractivity contribution in [2.75, 3.05) is 32.2 Å². The molecule has 3 heterocycles. The third kappa shape index (κ3) is 11.6. The Morgan fingerprint density at radius 1 is 0.569 bits per heavy atom. The van der Waals surface area contributed by atoms with Crippen molar-refractivity contribution in [1.29, 1.82) is 0 Å². The first-order valence-corrected chi connectivity index (χ1v) is 23.8. The molecule has 350 valence electrons. The number of benzene rings is 3. The van der Waals surface area contributed by atoms with Crippen LogP contribution in [0.4, 0.5) is 5.69 Å². The average Bonchev–Trinajstić information content (AvgIpc) is 4.08. The molecule has 3 aliphatic heterocycles. The van der Waals surface area contributed by atoms with Crippen LogP contribution in [-0.4, -0.2) is 84.5 Å². The van der Waals surface area contributed by atoms with Crippen LogP contribution in [0.5, 0.6) is 0 Å². The first-order chi connectivity index (χ1) is 30.9. The molecule has 11 heteroatoms. The van der Waals surface area contributed by atoms with E-state index in [4.69, 9.17) is 9.47 Å². The van der Waals surface area contributed by atoms with Gasteiger partial charge in [0, 0.05) is 31.6 Å². The zero-order valence-corrected chi connectivity index (χ0v) is 40.1. The highest BCUT2D eigenvalue weighted by Gasteiger charge is 2.41. The van der Waals surface area contributed by atoms with E-state index in [0.29, 0.717) is 25.9 Å². The minimum atomic E-state index is -0.531. The van der Waals surface area contributed by atoms with Crippen LogP contribution < -0.4 is 4.90 Å². The molecule has 3 saturated heterocycles. The van der Waals surface area contributed by atoms with Gasteiger partial charge in [-0.1, -0.05) is 109 Å². The van der Waals surface area contributed by atoms with Gasteiger partial charge in [0.25, 0.3) is 0 Å². The van der Waals surface area contributed by atoms with Crippen LogP contribution in [0.3, 0.4) is 0 Å². The number of nitrogens with zero attached hydrogens (tertiary/aromatic N) is 3. The fourth-order valence-electron chi connectivity index (χ4n) is 10.2. The third-order valence-corrected chi connectivity index (χ3v) is 14.2. The van der Waals surface area contributed by atoms with Crippen LogP contribution in [0.1, 0.15) is 140 Å². The Balaban J connectivity index is 1.17. The van der Waals surface area contributed by atoms with E-state index < -0.39 is 35.9 Å². The molecule has 0 aliphatic carbocycles. The summed E-state index contributed by atoms with van der Waals surface area (Å²) in [5.41, 5.74) is 6.51. The molecule has 0 N–H and O–H groups in total. The number of Topliss-reactive ketones (excluding diaryl/α,β-unsaturated/α-hetero) is 2. The van der Waals surface area contributed by atoms with Gasteiger partial charge in [0.1, 0.15) is 0 Å². The van der Waals surface area contributed by atoms with E-state index in [1.807, 2.05) is 52.0 Å². The molecule has 0 aromatic heterocycles. The minimum Gasteiger partial charge on any atom is -0.469 e. The molecule has 3 aromatic carbocycles. The lowest BCUT2D eigenvalue weighted by Gasteiger charge is -2.34. The molecule has 6 rings (SSSR count). The Kier molecular flexibility index (Phi) is 16.1. The summed E-state index contributed by atoms with van der Waals surface area (Å²) in [4.78, 5) is 85.1. The second-order valence-electron chi connectivity index (χ2n) is 20.2. The van der Waals surface area contributed by atoms with E-state index in [0.717, 1.165) is 53.6 Å². The van der Waals surface area contributed by atoms with Crippen LogP contribution in [0, 0.1) is 23.7 Å². The van der Waals surface area contributed by atoms with E-state index in [1.54, 1.807) is 9.80 Å². The van der Waals surface area contributed by atoms with Crippen LogP contribution in [0.2, 0.25) is 0 Å². The van der Waals surface area contributed by atoms with Crippen molar-refractivity contribution in [3.05, 3.63) is 101 Å². The summed E-state index contributed by atoms with van der Waals surface area (Å²) in [6, 6.07) is 24.8. The Morgan fingerprint density at radius 3 is 1.29 bits per heavy atom. The summed E-state index contributed by atoms with van der Waals surface area (Å²) in [5.74, 6) is -2.31. The number of esters is 2. The van der Waals surface area contributed by atoms with Crippen LogP contribution in [-0.2, 0) is 56.5 Å². The molecule has 2 amide bonds. The Bertz CT molecular complexity index is 2030. The smallest absolute Gasteiger partial charge is 0.306 e. The highest BCUT2D eigenvalue weighted by atomic mass is 16.5. The normalized spacial score (nSPS) is 20.9. The molecular weight excluding hydrogens is 819 g/mol. The van der Waals surface area contributed by atoms with Gasteiger partial charge in [0.2, 0.25) is 11.8 Å². The summed E-state index contributed by atoms with van der Waals surface area (Å²) < 4.78 is 9.74. The zero-order valence-electron chi connectivity index (χ0n) is 40.1. The number of anilines is 1. The summed E-state index contributed by atoms with van der Waals surface area (Å²) in [7, 11) is 2.65. The lowest BCUT2D eigenvalue weighted by Crippen LogP contribution is -2.45. The van der Waals surface area contributed by atoms with Crippen molar-refractivity contribution in [2.24, 2.45) is 23.7 Å². The van der Waals surface area contributed by atoms with Crippen molar-refractivity contribution in [1.82, 2.24) is 9.80 Å². The minimum absolute atomic E-state index is 0.00315. The van der Waals surface area contributed by atoms with Gasteiger partial charge in [-0.25, -0.2) is 0 Å². The first-order valence-electron chi connectivity index (χ1n) is 23.8. The van der Waals surface area contributed by atoms with Crippen LogP contribution in [0.15, 0.2) is 72.8 Å². The Labute approximate surface area is 386 Å². The predicted octanol–water partition coefficient (Wildman–Crippen LogP) is 8.94. The summed E-state index contributed by atoms with van der Waals surface area (Å²) in [6.45, 7) is 15.4. The number of rotatable bonds is 17. The molecule has 11 nitrogen and oxygen atoms in total. The van der Waals surface area contributed by atoms with E-state index in [1.165, 1.54) is 19.8 Å². The van der Waals surface area contributed by atoms with Gasteiger partial charge in [-0.05, 0) is 95.7 Å². The number of ketones is 2. The van der Waals surface area contributed by atoms with Crippen LogP contribution in [0.25, 0.3) is 0 Å². The number of hydrogen-bond donors (Lipinski definition) is 0. The van der Waals surface area contributed by atoms with Crippen molar-refractivity contribution >= 4 is 41.0 Å². The molecule has 0 bridgehead atoms. The number of hydrogen-bond acceptors (Lipinski definition) is 9. The lowest BCUT2D eigenvalue weighted by atomic mass is 9.87. The van der Waals surface area contributed by atoms with Gasteiger partial charge >= 0.3 is 11.9 Å². The van der Waals surface area contributed by atoms with E-state index >= 15 is 0 Å². The van der Waals surface area contributed by atoms with Gasteiger partial charge in [-0.15, -0.1) is 0 Å². The first kappa shape index (κ1) is 49.1. The standard InChI is InChI=1S/C54H71N3O8/c1-34(2)42(32-50(60)64-8)52(62)55-28-10-12-46(55)48(58)30-36-14-18-38(19-15-36)44-26-27-45(57(44)41-24-22-40(23-25-41)54(5,6)7)39-20-16-37(17-21-39)31-49(59)47-13-11-29-56(47)53(63)43(35(3)4)33-51(61)65-9/h14-25,34-35,42-47H,10-13,26-33H2,1-9H3/t42-,43?,44-,45-,46-,47-/m0/s1. The number of ether oxygens (including phenoxy) is 2. The monoisotopic (exact) mass is 890 g/mol. The van der Waals surface area contributed by atoms with Crippen molar-refractivity contribution in [3.8, 4) is 0 Å². The van der Waals surface area contributed by atoms with Crippen molar-refractivity contribution < 1.29 is 38.2 Å². The van der Waals surface area contributed by atoms with Crippen molar-refractivity contribution in [2.45, 2.75) is 142 Å². The number of likely N-dealkylation sites (tertiary alicyclic amines) is 2. The largest absolute Gasteiger partial charge is 0.469 e. The van der Waals surface area contributed by atoms with Gasteiger partial charge in [-0.2, -0.15) is 0 Å². The van der Waals surface area contributed by atoms with Crippen molar-refractivity contribution in [3.63, 3.8) is 0 Å². The maximum atomic E-state index is 13.8. The third-order valence-electron chi connectivity index (χ3n) is 14.2. The second-order valence-corrected chi connectivity index (χ2v) is 20.2. The maximum absolute atomic E-state index is 13.8. The molecule has 1 unspecified atom stereocenters. The fourth-order valence-corrected chi connectivity index (χ4v) is 10.2. The molecule has 0 radical (unpaired) electrons. The highest BCUT2D eigenvalue weighted by molar-refractivity contribution is 5.93. The zero-order chi connectivity index (χ0) is 47.2. The number of carbonyl (C=O) groups excluding carboxylic acids is 6. The molecule has 0 spiro atoms. The number of amides is 2. The second kappa shape index (κ2) is 21.3. The molecule has 3 fully saturated rings. The topological polar surface area (TPSA) is 131 Å². The maximum Gasteiger partial charge on any atom is 0.306 e. The summed E-state index contributed by atoms with van der Waals surface area (Å²) in [6.07, 6.45) is 5.04. The highest BCUT2D eigenvalue weighted by Crippen LogP contribution is 2.47. The Hall–Kier alpha value is -5.32. The van der Waals surface area contributed by atoms with E-state index in [2.05, 4.69) is 74.2 Å². The average molecular weight is 890 g/mol.